The summed E-state index contributed by atoms with van der Waals surface area (Å²) in [7, 11) is 0. The van der Waals surface area contributed by atoms with Gasteiger partial charge in [-0.15, -0.1) is 0 Å². The molecular weight excluding hydrogens is 212 g/mol. The van der Waals surface area contributed by atoms with Crippen LogP contribution in [0.4, 0.5) is 0 Å². The molecule has 98 valence electrons. The highest BCUT2D eigenvalue weighted by Crippen LogP contribution is 2.11. The standard InChI is InChI=1S/C14H26N2O/c1-5-15-9-13-7-8-14(17-13)11-16(6-2)10-12(3)4/h7-8,12,15H,5-6,9-11H2,1-4H3. The Bertz CT molecular complexity index is 307. The fourth-order valence-corrected chi connectivity index (χ4v) is 1.89. The summed E-state index contributed by atoms with van der Waals surface area (Å²) >= 11 is 0. The summed E-state index contributed by atoms with van der Waals surface area (Å²) in [6.45, 7) is 13.7. The van der Waals surface area contributed by atoms with E-state index in [2.05, 4.69) is 50.0 Å². The van der Waals surface area contributed by atoms with Crippen LogP contribution in [0.1, 0.15) is 39.2 Å². The van der Waals surface area contributed by atoms with E-state index in [4.69, 9.17) is 4.42 Å². The third-order valence-corrected chi connectivity index (χ3v) is 2.72. The number of furan rings is 1. The summed E-state index contributed by atoms with van der Waals surface area (Å²) in [5, 5.41) is 3.27. The summed E-state index contributed by atoms with van der Waals surface area (Å²) in [5.74, 6) is 2.80. The molecule has 0 aromatic carbocycles. The average Bonchev–Trinajstić information content (AvgIpc) is 2.72. The molecule has 1 aromatic heterocycles. The van der Waals surface area contributed by atoms with E-state index in [0.717, 1.165) is 44.2 Å². The van der Waals surface area contributed by atoms with Crippen LogP contribution in [0, 0.1) is 5.92 Å². The van der Waals surface area contributed by atoms with E-state index in [-0.39, 0.29) is 0 Å². The highest BCUT2D eigenvalue weighted by atomic mass is 16.3. The van der Waals surface area contributed by atoms with Gasteiger partial charge in [0, 0.05) is 6.54 Å². The van der Waals surface area contributed by atoms with Gasteiger partial charge in [0.25, 0.3) is 0 Å². The van der Waals surface area contributed by atoms with Gasteiger partial charge in [-0.25, -0.2) is 0 Å². The minimum absolute atomic E-state index is 0.700. The summed E-state index contributed by atoms with van der Waals surface area (Å²) in [5.41, 5.74) is 0. The molecule has 0 aliphatic carbocycles. The van der Waals surface area contributed by atoms with Crippen molar-refractivity contribution in [2.24, 2.45) is 5.92 Å². The fourth-order valence-electron chi connectivity index (χ4n) is 1.89. The SMILES string of the molecule is CCNCc1ccc(CN(CC)CC(C)C)o1. The predicted octanol–water partition coefficient (Wildman–Crippen LogP) is 2.87. The number of nitrogens with zero attached hydrogens (tertiary/aromatic N) is 1. The molecular formula is C14H26N2O. The van der Waals surface area contributed by atoms with Crippen LogP contribution in [-0.2, 0) is 13.1 Å². The van der Waals surface area contributed by atoms with Crippen LogP contribution in [-0.4, -0.2) is 24.5 Å². The minimum atomic E-state index is 0.700. The van der Waals surface area contributed by atoms with Crippen LogP contribution >= 0.6 is 0 Å². The van der Waals surface area contributed by atoms with E-state index in [1.165, 1.54) is 0 Å². The molecule has 17 heavy (non-hydrogen) atoms. The summed E-state index contributed by atoms with van der Waals surface area (Å²) in [6, 6.07) is 4.16. The molecule has 0 spiro atoms. The van der Waals surface area contributed by atoms with E-state index >= 15 is 0 Å². The first kappa shape index (κ1) is 14.3. The number of rotatable bonds is 8. The highest BCUT2D eigenvalue weighted by molar-refractivity contribution is 5.07. The molecule has 3 heteroatoms. The van der Waals surface area contributed by atoms with Crippen LogP contribution in [0.15, 0.2) is 16.5 Å². The molecule has 0 unspecified atom stereocenters. The van der Waals surface area contributed by atoms with Crippen molar-refractivity contribution in [1.29, 1.82) is 0 Å². The van der Waals surface area contributed by atoms with Crippen molar-refractivity contribution in [1.82, 2.24) is 10.2 Å². The topological polar surface area (TPSA) is 28.4 Å². The maximum Gasteiger partial charge on any atom is 0.118 e. The Kier molecular flexibility index (Phi) is 6.30. The average molecular weight is 238 g/mol. The van der Waals surface area contributed by atoms with Gasteiger partial charge in [0.15, 0.2) is 0 Å². The maximum absolute atomic E-state index is 5.80. The van der Waals surface area contributed by atoms with E-state index < -0.39 is 0 Å². The van der Waals surface area contributed by atoms with Gasteiger partial charge in [-0.2, -0.15) is 0 Å². The largest absolute Gasteiger partial charge is 0.463 e. The molecule has 0 aliphatic rings. The second-order valence-corrected chi connectivity index (χ2v) is 4.87. The van der Waals surface area contributed by atoms with E-state index in [9.17, 15) is 0 Å². The smallest absolute Gasteiger partial charge is 0.118 e. The van der Waals surface area contributed by atoms with Crippen molar-refractivity contribution in [2.75, 3.05) is 19.6 Å². The van der Waals surface area contributed by atoms with Crippen LogP contribution in [0.3, 0.4) is 0 Å². The number of hydrogen-bond donors (Lipinski definition) is 1. The Balaban J connectivity index is 2.46. The third-order valence-electron chi connectivity index (χ3n) is 2.72. The lowest BCUT2D eigenvalue weighted by atomic mass is 10.2. The zero-order valence-corrected chi connectivity index (χ0v) is 11.6. The number of nitrogens with one attached hydrogen (secondary N) is 1. The van der Waals surface area contributed by atoms with E-state index in [1.807, 2.05) is 0 Å². The van der Waals surface area contributed by atoms with Gasteiger partial charge in [0.2, 0.25) is 0 Å². The molecule has 3 nitrogen and oxygen atoms in total. The molecule has 1 heterocycles. The summed E-state index contributed by atoms with van der Waals surface area (Å²) in [6.07, 6.45) is 0. The summed E-state index contributed by atoms with van der Waals surface area (Å²) in [4.78, 5) is 2.42. The van der Waals surface area contributed by atoms with Crippen molar-refractivity contribution in [3.63, 3.8) is 0 Å². The first-order chi connectivity index (χ1) is 8.15. The Morgan fingerprint density at radius 1 is 1.24 bits per heavy atom. The van der Waals surface area contributed by atoms with Gasteiger partial charge in [0.05, 0.1) is 13.1 Å². The highest BCUT2D eigenvalue weighted by Gasteiger charge is 2.09. The molecule has 1 N–H and O–H groups in total. The Labute approximate surface area is 105 Å². The predicted molar refractivity (Wildman–Crippen MR) is 71.9 cm³/mol. The lowest BCUT2D eigenvalue weighted by molar-refractivity contribution is 0.227. The van der Waals surface area contributed by atoms with Gasteiger partial charge in [-0.1, -0.05) is 27.7 Å². The molecule has 0 atom stereocenters. The maximum atomic E-state index is 5.80. The molecule has 0 saturated carbocycles. The molecule has 1 rings (SSSR count). The Hall–Kier alpha value is -0.800. The molecule has 0 saturated heterocycles. The van der Waals surface area contributed by atoms with Gasteiger partial charge < -0.3 is 9.73 Å². The third kappa shape index (κ3) is 5.37. The quantitative estimate of drug-likeness (QED) is 0.755. The lowest BCUT2D eigenvalue weighted by Gasteiger charge is -2.21. The van der Waals surface area contributed by atoms with E-state index in [0.29, 0.717) is 5.92 Å². The second kappa shape index (κ2) is 7.51. The molecule has 0 fully saturated rings. The first-order valence-corrected chi connectivity index (χ1v) is 6.66. The van der Waals surface area contributed by atoms with Crippen molar-refractivity contribution >= 4 is 0 Å². The van der Waals surface area contributed by atoms with Crippen molar-refractivity contribution < 1.29 is 4.42 Å². The van der Waals surface area contributed by atoms with Crippen molar-refractivity contribution in [2.45, 2.75) is 40.8 Å². The van der Waals surface area contributed by atoms with Crippen molar-refractivity contribution in [3.05, 3.63) is 23.7 Å². The lowest BCUT2D eigenvalue weighted by Crippen LogP contribution is -2.26. The first-order valence-electron chi connectivity index (χ1n) is 6.66. The Morgan fingerprint density at radius 2 is 1.94 bits per heavy atom. The molecule has 0 amide bonds. The van der Waals surface area contributed by atoms with Crippen LogP contribution in [0.5, 0.6) is 0 Å². The van der Waals surface area contributed by atoms with Crippen LogP contribution in [0.25, 0.3) is 0 Å². The van der Waals surface area contributed by atoms with Gasteiger partial charge in [-0.05, 0) is 31.1 Å². The second-order valence-electron chi connectivity index (χ2n) is 4.87. The minimum Gasteiger partial charge on any atom is -0.463 e. The molecule has 0 bridgehead atoms. The molecule has 0 radical (unpaired) electrons. The molecule has 0 aliphatic heterocycles. The zero-order chi connectivity index (χ0) is 12.7. The van der Waals surface area contributed by atoms with E-state index in [1.54, 1.807) is 0 Å². The normalized spacial score (nSPS) is 11.6. The summed E-state index contributed by atoms with van der Waals surface area (Å²) < 4.78 is 5.80. The van der Waals surface area contributed by atoms with Gasteiger partial charge in [-0.3, -0.25) is 4.90 Å². The van der Waals surface area contributed by atoms with Crippen LogP contribution in [0.2, 0.25) is 0 Å². The van der Waals surface area contributed by atoms with Crippen molar-refractivity contribution in [3.8, 4) is 0 Å². The van der Waals surface area contributed by atoms with Gasteiger partial charge >= 0.3 is 0 Å². The molecule has 1 aromatic rings. The Morgan fingerprint density at radius 3 is 2.53 bits per heavy atom. The fraction of sp³-hybridized carbons (Fsp3) is 0.714. The van der Waals surface area contributed by atoms with Crippen LogP contribution < -0.4 is 5.32 Å². The monoisotopic (exact) mass is 238 g/mol. The number of hydrogen-bond acceptors (Lipinski definition) is 3. The van der Waals surface area contributed by atoms with Gasteiger partial charge in [0.1, 0.15) is 11.5 Å². The zero-order valence-electron chi connectivity index (χ0n) is 11.6.